The third-order valence-corrected chi connectivity index (χ3v) is 1.84. The normalized spacial score (nSPS) is 12.2. The summed E-state index contributed by atoms with van der Waals surface area (Å²) in [5, 5.41) is 0.701. The highest BCUT2D eigenvalue weighted by Crippen LogP contribution is 2.22. The molecule has 2 heterocycles. The van der Waals surface area contributed by atoms with E-state index in [1.165, 1.54) is 12.3 Å². The SMILES string of the molecule is FC(F)(F)Cc1cc2cccnc2[nH]1. The van der Waals surface area contributed by atoms with Crippen LogP contribution in [0.1, 0.15) is 5.69 Å². The van der Waals surface area contributed by atoms with E-state index < -0.39 is 12.6 Å². The first-order chi connectivity index (χ1) is 6.54. The molecule has 1 N–H and O–H groups in total. The van der Waals surface area contributed by atoms with Crippen LogP contribution in [0.5, 0.6) is 0 Å². The molecule has 0 aliphatic heterocycles. The summed E-state index contributed by atoms with van der Waals surface area (Å²) in [5.74, 6) is 0. The molecule has 14 heavy (non-hydrogen) atoms. The fraction of sp³-hybridized carbons (Fsp3) is 0.222. The quantitative estimate of drug-likeness (QED) is 0.753. The number of fused-ring (bicyclic) bond motifs is 1. The van der Waals surface area contributed by atoms with E-state index in [1.54, 1.807) is 12.1 Å². The third kappa shape index (κ3) is 1.86. The van der Waals surface area contributed by atoms with Gasteiger partial charge >= 0.3 is 6.18 Å². The van der Waals surface area contributed by atoms with Gasteiger partial charge in [-0.2, -0.15) is 13.2 Å². The predicted molar refractivity (Wildman–Crippen MR) is 45.9 cm³/mol. The summed E-state index contributed by atoms with van der Waals surface area (Å²) in [6.45, 7) is 0. The molecule has 2 aromatic rings. The molecule has 0 fully saturated rings. The molecule has 0 saturated heterocycles. The number of hydrogen-bond acceptors (Lipinski definition) is 1. The van der Waals surface area contributed by atoms with Gasteiger partial charge in [0.25, 0.3) is 0 Å². The van der Waals surface area contributed by atoms with Gasteiger partial charge in [0.15, 0.2) is 0 Å². The first-order valence-electron chi connectivity index (χ1n) is 4.04. The minimum Gasteiger partial charge on any atom is -0.343 e. The van der Waals surface area contributed by atoms with Crippen LogP contribution in [-0.2, 0) is 6.42 Å². The lowest BCUT2D eigenvalue weighted by Gasteiger charge is -2.02. The van der Waals surface area contributed by atoms with E-state index in [2.05, 4.69) is 9.97 Å². The largest absolute Gasteiger partial charge is 0.394 e. The smallest absolute Gasteiger partial charge is 0.343 e. The van der Waals surface area contributed by atoms with E-state index in [9.17, 15) is 13.2 Å². The van der Waals surface area contributed by atoms with E-state index in [1.807, 2.05) is 0 Å². The van der Waals surface area contributed by atoms with Gasteiger partial charge in [-0.1, -0.05) is 0 Å². The second-order valence-electron chi connectivity index (χ2n) is 3.03. The van der Waals surface area contributed by atoms with Crippen LogP contribution in [0.15, 0.2) is 24.4 Å². The Bertz CT molecular complexity index is 411. The molecule has 5 heteroatoms. The van der Waals surface area contributed by atoms with Crippen molar-refractivity contribution in [2.45, 2.75) is 12.6 Å². The zero-order valence-electron chi connectivity index (χ0n) is 7.10. The van der Waals surface area contributed by atoms with Crippen molar-refractivity contribution in [3.8, 4) is 0 Å². The van der Waals surface area contributed by atoms with Crippen LogP contribution in [0, 0.1) is 0 Å². The number of halogens is 3. The van der Waals surface area contributed by atoms with Gasteiger partial charge in [0.2, 0.25) is 0 Å². The summed E-state index contributed by atoms with van der Waals surface area (Å²) in [7, 11) is 0. The molecule has 0 aliphatic rings. The van der Waals surface area contributed by atoms with Crippen molar-refractivity contribution in [1.29, 1.82) is 0 Å². The van der Waals surface area contributed by atoms with Crippen LogP contribution in [-0.4, -0.2) is 16.1 Å². The fourth-order valence-corrected chi connectivity index (χ4v) is 1.33. The molecule has 0 radical (unpaired) electrons. The molecule has 0 atom stereocenters. The maximum atomic E-state index is 12.0. The van der Waals surface area contributed by atoms with Gasteiger partial charge in [0, 0.05) is 17.3 Å². The van der Waals surface area contributed by atoms with Gasteiger partial charge in [-0.15, -0.1) is 0 Å². The monoisotopic (exact) mass is 200 g/mol. The summed E-state index contributed by atoms with van der Waals surface area (Å²) in [6, 6.07) is 4.88. The molecule has 74 valence electrons. The molecule has 0 aliphatic carbocycles. The molecule has 0 saturated carbocycles. The van der Waals surface area contributed by atoms with Gasteiger partial charge in [0.1, 0.15) is 5.65 Å². The second kappa shape index (κ2) is 3.01. The van der Waals surface area contributed by atoms with Crippen molar-refractivity contribution in [3.05, 3.63) is 30.1 Å². The van der Waals surface area contributed by atoms with E-state index >= 15 is 0 Å². The Labute approximate surface area is 77.8 Å². The summed E-state index contributed by atoms with van der Waals surface area (Å²) < 4.78 is 36.1. The summed E-state index contributed by atoms with van der Waals surface area (Å²) in [4.78, 5) is 6.53. The Morgan fingerprint density at radius 3 is 2.79 bits per heavy atom. The molecule has 0 unspecified atom stereocenters. The van der Waals surface area contributed by atoms with Crippen molar-refractivity contribution in [3.63, 3.8) is 0 Å². The Hall–Kier alpha value is -1.52. The third-order valence-electron chi connectivity index (χ3n) is 1.84. The average molecular weight is 200 g/mol. The fourth-order valence-electron chi connectivity index (χ4n) is 1.33. The number of aromatic nitrogens is 2. The molecular weight excluding hydrogens is 193 g/mol. The highest BCUT2D eigenvalue weighted by atomic mass is 19.4. The maximum absolute atomic E-state index is 12.0. The number of alkyl halides is 3. The number of H-pyrrole nitrogens is 1. The van der Waals surface area contributed by atoms with Crippen LogP contribution in [0.2, 0.25) is 0 Å². The first kappa shape index (κ1) is 9.05. The number of aromatic amines is 1. The van der Waals surface area contributed by atoms with E-state index in [4.69, 9.17) is 0 Å². The molecule has 0 amide bonds. The van der Waals surface area contributed by atoms with Crippen molar-refractivity contribution < 1.29 is 13.2 Å². The predicted octanol–water partition coefficient (Wildman–Crippen LogP) is 2.67. The van der Waals surface area contributed by atoms with Crippen molar-refractivity contribution in [2.24, 2.45) is 0 Å². The first-order valence-corrected chi connectivity index (χ1v) is 4.04. The Morgan fingerprint density at radius 1 is 1.36 bits per heavy atom. The van der Waals surface area contributed by atoms with Crippen molar-refractivity contribution in [1.82, 2.24) is 9.97 Å². The molecule has 0 aromatic carbocycles. The number of hydrogen-bond donors (Lipinski definition) is 1. The second-order valence-corrected chi connectivity index (χ2v) is 3.03. The molecular formula is C9H7F3N2. The van der Waals surface area contributed by atoms with Crippen LogP contribution < -0.4 is 0 Å². The molecule has 0 bridgehead atoms. The lowest BCUT2D eigenvalue weighted by Crippen LogP contribution is -2.11. The molecule has 2 rings (SSSR count). The van der Waals surface area contributed by atoms with E-state index in [-0.39, 0.29) is 5.69 Å². The zero-order chi connectivity index (χ0) is 10.2. The summed E-state index contributed by atoms with van der Waals surface area (Å²) >= 11 is 0. The summed E-state index contributed by atoms with van der Waals surface area (Å²) in [5.41, 5.74) is 0.637. The number of rotatable bonds is 1. The van der Waals surface area contributed by atoms with Crippen LogP contribution in [0.25, 0.3) is 11.0 Å². The summed E-state index contributed by atoms with van der Waals surface area (Å²) in [6.07, 6.45) is -3.58. The van der Waals surface area contributed by atoms with Crippen LogP contribution >= 0.6 is 0 Å². The number of nitrogens with one attached hydrogen (secondary N) is 1. The zero-order valence-corrected chi connectivity index (χ0v) is 7.10. The average Bonchev–Trinajstić information content (AvgIpc) is 2.42. The van der Waals surface area contributed by atoms with E-state index in [0.717, 1.165) is 0 Å². The lowest BCUT2D eigenvalue weighted by atomic mass is 10.3. The van der Waals surface area contributed by atoms with Crippen molar-refractivity contribution in [2.75, 3.05) is 0 Å². The van der Waals surface area contributed by atoms with Crippen molar-refractivity contribution >= 4 is 11.0 Å². The standard InChI is InChI=1S/C9H7F3N2/c10-9(11,12)5-7-4-6-2-1-3-13-8(6)14-7/h1-4H,5H2,(H,13,14). The Balaban J connectivity index is 2.36. The van der Waals surface area contributed by atoms with Gasteiger partial charge in [-0.05, 0) is 18.2 Å². The van der Waals surface area contributed by atoms with E-state index in [0.29, 0.717) is 11.0 Å². The topological polar surface area (TPSA) is 28.7 Å². The molecule has 2 nitrogen and oxygen atoms in total. The molecule has 0 spiro atoms. The maximum Gasteiger partial charge on any atom is 0.394 e. The van der Waals surface area contributed by atoms with Gasteiger partial charge in [-0.25, -0.2) is 4.98 Å². The Kier molecular flexibility index (Phi) is 1.94. The van der Waals surface area contributed by atoms with Gasteiger partial charge in [-0.3, -0.25) is 0 Å². The van der Waals surface area contributed by atoms with Gasteiger partial charge in [0.05, 0.1) is 6.42 Å². The lowest BCUT2D eigenvalue weighted by molar-refractivity contribution is -0.127. The Morgan fingerprint density at radius 2 is 2.14 bits per heavy atom. The highest BCUT2D eigenvalue weighted by Gasteiger charge is 2.28. The van der Waals surface area contributed by atoms with Gasteiger partial charge < -0.3 is 4.98 Å². The van der Waals surface area contributed by atoms with Crippen LogP contribution in [0.4, 0.5) is 13.2 Å². The minimum atomic E-state index is -4.18. The number of nitrogens with zero attached hydrogens (tertiary/aromatic N) is 1. The molecule has 2 aromatic heterocycles. The highest BCUT2D eigenvalue weighted by molar-refractivity contribution is 5.76. The number of pyridine rings is 1. The minimum absolute atomic E-state index is 0.145. The van der Waals surface area contributed by atoms with Crippen LogP contribution in [0.3, 0.4) is 0 Å².